The molecule has 0 spiro atoms. The van der Waals surface area contributed by atoms with Gasteiger partial charge >= 0.3 is 0 Å². The van der Waals surface area contributed by atoms with Crippen LogP contribution >= 0.6 is 0 Å². The van der Waals surface area contributed by atoms with Crippen molar-refractivity contribution in [2.75, 3.05) is 6.54 Å². The van der Waals surface area contributed by atoms with Crippen molar-refractivity contribution in [3.05, 3.63) is 69.8 Å². The Bertz CT molecular complexity index is 818. The van der Waals surface area contributed by atoms with Crippen LogP contribution in [0.2, 0.25) is 0 Å². The third-order valence-electron chi connectivity index (χ3n) is 5.10. The predicted octanol–water partition coefficient (Wildman–Crippen LogP) is 4.29. The fraction of sp³-hybridized carbons (Fsp3) is 0.462. The van der Waals surface area contributed by atoms with E-state index in [4.69, 9.17) is 0 Å². The van der Waals surface area contributed by atoms with Crippen molar-refractivity contribution in [1.29, 1.82) is 0 Å². The summed E-state index contributed by atoms with van der Waals surface area (Å²) in [6, 6.07) is 10.3. The lowest BCUT2D eigenvalue weighted by atomic mass is 9.81. The van der Waals surface area contributed by atoms with Gasteiger partial charge in [0.2, 0.25) is 0 Å². The number of aromatic carboxylic acids is 1. The number of benzene rings is 2. The average molecular weight is 412 g/mol. The molecule has 0 fully saturated rings. The standard InChI is InChI=1S/C23H28O3.C3H9N/c1-13(2)18-11-19(14(3)4)21(20(12-18)15(5)6)22(24)16-7-9-17(10-8-16)23(25)26;1-2-3-4/h7-15H,1-6H3,(H,25,26);2-4H2,1H3. The topological polar surface area (TPSA) is 84.8 Å². The molecule has 0 bridgehead atoms. The number of rotatable bonds is 7. The number of carbonyl (C=O) groups excluding carboxylic acids is 2. The lowest BCUT2D eigenvalue weighted by molar-refractivity contribution is -0.367. The molecule has 4 nitrogen and oxygen atoms in total. The van der Waals surface area contributed by atoms with Crippen LogP contribution in [0, 0.1) is 0 Å². The van der Waals surface area contributed by atoms with E-state index in [9.17, 15) is 14.7 Å². The van der Waals surface area contributed by atoms with E-state index in [2.05, 4.69) is 66.3 Å². The summed E-state index contributed by atoms with van der Waals surface area (Å²) in [5.74, 6) is -0.481. The van der Waals surface area contributed by atoms with Crippen LogP contribution in [0.3, 0.4) is 0 Å². The predicted molar refractivity (Wildman–Crippen MR) is 121 cm³/mol. The quantitative estimate of drug-likeness (QED) is 0.690. The van der Waals surface area contributed by atoms with Gasteiger partial charge in [-0.1, -0.05) is 84.9 Å². The van der Waals surface area contributed by atoms with Gasteiger partial charge < -0.3 is 15.6 Å². The van der Waals surface area contributed by atoms with Crippen LogP contribution in [0.4, 0.5) is 0 Å². The van der Waals surface area contributed by atoms with E-state index in [1.54, 1.807) is 12.1 Å². The fourth-order valence-corrected chi connectivity index (χ4v) is 3.12. The number of hydrogen-bond acceptors (Lipinski definition) is 3. The first kappa shape index (κ1) is 25.6. The highest BCUT2D eigenvalue weighted by Gasteiger charge is 2.23. The SMILES string of the molecule is CC(C)c1cc(C(C)C)c(C(=O)c2ccc(C(=O)[O-])cc2)c(C(C)C)c1.CCC[NH3+]. The van der Waals surface area contributed by atoms with Gasteiger partial charge in [0.25, 0.3) is 0 Å². The van der Waals surface area contributed by atoms with Crippen molar-refractivity contribution in [3.8, 4) is 0 Å². The first-order chi connectivity index (χ1) is 14.0. The number of carboxylic acids is 1. The van der Waals surface area contributed by atoms with Crippen LogP contribution in [0.25, 0.3) is 0 Å². The minimum atomic E-state index is -1.24. The Morgan fingerprint density at radius 1 is 0.833 bits per heavy atom. The molecule has 0 aliphatic rings. The monoisotopic (exact) mass is 411 g/mol. The van der Waals surface area contributed by atoms with Crippen LogP contribution in [-0.4, -0.2) is 18.3 Å². The molecular weight excluding hydrogens is 374 g/mol. The summed E-state index contributed by atoms with van der Waals surface area (Å²) in [7, 11) is 0. The Morgan fingerprint density at radius 2 is 1.23 bits per heavy atom. The van der Waals surface area contributed by atoms with E-state index < -0.39 is 5.97 Å². The van der Waals surface area contributed by atoms with Gasteiger partial charge in [-0.15, -0.1) is 0 Å². The fourth-order valence-electron chi connectivity index (χ4n) is 3.12. The van der Waals surface area contributed by atoms with Crippen molar-refractivity contribution in [1.82, 2.24) is 0 Å². The molecule has 2 rings (SSSR count). The van der Waals surface area contributed by atoms with E-state index in [0.29, 0.717) is 11.5 Å². The van der Waals surface area contributed by atoms with Crippen molar-refractivity contribution in [3.63, 3.8) is 0 Å². The zero-order valence-electron chi connectivity index (χ0n) is 19.5. The Balaban J connectivity index is 0.00000103. The molecule has 30 heavy (non-hydrogen) atoms. The number of ketones is 1. The second kappa shape index (κ2) is 11.7. The van der Waals surface area contributed by atoms with Gasteiger partial charge in [0.05, 0.1) is 12.5 Å². The van der Waals surface area contributed by atoms with Crippen molar-refractivity contribution in [2.45, 2.75) is 72.6 Å². The summed E-state index contributed by atoms with van der Waals surface area (Å²) in [6.07, 6.45) is 1.21. The first-order valence-electron chi connectivity index (χ1n) is 10.9. The van der Waals surface area contributed by atoms with Crippen LogP contribution in [0.15, 0.2) is 36.4 Å². The van der Waals surface area contributed by atoms with Gasteiger partial charge in [-0.25, -0.2) is 0 Å². The molecule has 4 heteroatoms. The van der Waals surface area contributed by atoms with E-state index >= 15 is 0 Å². The molecule has 2 aromatic rings. The highest BCUT2D eigenvalue weighted by atomic mass is 16.4. The maximum absolute atomic E-state index is 13.3. The number of carbonyl (C=O) groups is 2. The summed E-state index contributed by atoms with van der Waals surface area (Å²) in [4.78, 5) is 24.2. The molecule has 0 saturated carbocycles. The molecule has 0 unspecified atom stereocenters. The second-order valence-electron chi connectivity index (χ2n) is 8.59. The Kier molecular flexibility index (Phi) is 9.94. The van der Waals surface area contributed by atoms with E-state index in [1.807, 2.05) is 0 Å². The van der Waals surface area contributed by atoms with Crippen LogP contribution in [-0.2, 0) is 0 Å². The van der Waals surface area contributed by atoms with E-state index in [0.717, 1.165) is 23.2 Å². The summed E-state index contributed by atoms with van der Waals surface area (Å²) in [6.45, 7) is 15.9. The molecule has 0 saturated heterocycles. The zero-order valence-corrected chi connectivity index (χ0v) is 19.5. The molecule has 0 aliphatic carbocycles. The lowest BCUT2D eigenvalue weighted by Crippen LogP contribution is -2.49. The molecular formula is C26H37NO3. The molecule has 2 aromatic carbocycles. The molecule has 0 amide bonds. The molecule has 3 N–H and O–H groups in total. The summed E-state index contributed by atoms with van der Waals surface area (Å²) in [5, 5.41) is 10.9. The molecule has 0 heterocycles. The summed E-state index contributed by atoms with van der Waals surface area (Å²) in [5.41, 5.74) is 8.26. The lowest BCUT2D eigenvalue weighted by Gasteiger charge is -2.22. The Labute approximate surface area is 181 Å². The van der Waals surface area contributed by atoms with Gasteiger partial charge in [-0.3, -0.25) is 4.79 Å². The van der Waals surface area contributed by atoms with Crippen LogP contribution in [0.5, 0.6) is 0 Å². The van der Waals surface area contributed by atoms with Gasteiger partial charge in [-0.2, -0.15) is 0 Å². The minimum Gasteiger partial charge on any atom is -0.545 e. The number of carboxylic acid groups (broad SMARTS) is 1. The van der Waals surface area contributed by atoms with Crippen molar-refractivity contribution in [2.24, 2.45) is 0 Å². The van der Waals surface area contributed by atoms with Crippen molar-refractivity contribution < 1.29 is 20.4 Å². The highest BCUT2D eigenvalue weighted by molar-refractivity contribution is 6.11. The molecule has 164 valence electrons. The molecule has 0 radical (unpaired) electrons. The maximum Gasteiger partial charge on any atom is 0.193 e. The Hall–Kier alpha value is -2.46. The van der Waals surface area contributed by atoms with Crippen LogP contribution in [0.1, 0.15) is 116 Å². The second-order valence-corrected chi connectivity index (χ2v) is 8.59. The summed E-state index contributed by atoms with van der Waals surface area (Å²) >= 11 is 0. The largest absolute Gasteiger partial charge is 0.545 e. The maximum atomic E-state index is 13.3. The van der Waals surface area contributed by atoms with E-state index in [1.165, 1.54) is 24.1 Å². The third kappa shape index (κ3) is 6.53. The molecule has 0 aliphatic heterocycles. The van der Waals surface area contributed by atoms with Gasteiger partial charge in [0.15, 0.2) is 5.78 Å². The first-order valence-corrected chi connectivity index (χ1v) is 10.9. The average Bonchev–Trinajstić information content (AvgIpc) is 2.72. The third-order valence-corrected chi connectivity index (χ3v) is 5.10. The molecule has 0 atom stereocenters. The summed E-state index contributed by atoms with van der Waals surface area (Å²) < 4.78 is 0. The smallest absolute Gasteiger partial charge is 0.193 e. The number of quaternary nitrogens is 1. The van der Waals surface area contributed by atoms with Crippen molar-refractivity contribution >= 4 is 11.8 Å². The van der Waals surface area contributed by atoms with Crippen LogP contribution < -0.4 is 10.8 Å². The minimum absolute atomic E-state index is 0.0578. The van der Waals surface area contributed by atoms with E-state index in [-0.39, 0.29) is 23.2 Å². The number of hydrogen-bond donors (Lipinski definition) is 1. The molecule has 0 aromatic heterocycles. The van der Waals surface area contributed by atoms with Gasteiger partial charge in [-0.05, 0) is 46.4 Å². The zero-order chi connectivity index (χ0) is 23.0. The Morgan fingerprint density at radius 3 is 1.53 bits per heavy atom. The van der Waals surface area contributed by atoms with Gasteiger partial charge in [0, 0.05) is 11.1 Å². The normalized spacial score (nSPS) is 10.9. The highest BCUT2D eigenvalue weighted by Crippen LogP contribution is 2.33. The van der Waals surface area contributed by atoms with Gasteiger partial charge in [0.1, 0.15) is 0 Å².